The summed E-state index contributed by atoms with van der Waals surface area (Å²) in [5.41, 5.74) is 0. The van der Waals surface area contributed by atoms with Crippen LogP contribution in [-0.2, 0) is 33.3 Å². The third kappa shape index (κ3) is 20.8. The first-order valence-electron chi connectivity index (χ1n) is 8.13. The van der Waals surface area contributed by atoms with Gasteiger partial charge in [0.25, 0.3) is 0 Å². The van der Waals surface area contributed by atoms with Crippen molar-refractivity contribution in [1.82, 2.24) is 0 Å². The zero-order valence-corrected chi connectivity index (χ0v) is 14.3. The van der Waals surface area contributed by atoms with Gasteiger partial charge in [-0.2, -0.15) is 0 Å². The zero-order valence-electron chi connectivity index (χ0n) is 14.3. The molecular weight excluding hydrogens is 304 g/mol. The largest absolute Gasteiger partial charge is 0.466 e. The van der Waals surface area contributed by atoms with E-state index in [2.05, 4.69) is 0 Å². The fraction of sp³-hybridized carbons (Fsp3) is 0.875. The van der Waals surface area contributed by atoms with Gasteiger partial charge in [-0.25, -0.2) is 0 Å². The van der Waals surface area contributed by atoms with Crippen LogP contribution in [0.4, 0.5) is 0 Å². The Morgan fingerprint density at radius 3 is 1.04 bits per heavy atom. The lowest BCUT2D eigenvalue weighted by Gasteiger charge is -2.07. The second-order valence-electron chi connectivity index (χ2n) is 4.93. The van der Waals surface area contributed by atoms with Gasteiger partial charge in [-0.15, -0.1) is 0 Å². The molecule has 0 bridgehead atoms. The first kappa shape index (κ1) is 21.8. The minimum Gasteiger partial charge on any atom is -0.466 e. The van der Waals surface area contributed by atoms with E-state index in [1.807, 2.05) is 0 Å². The number of ether oxygens (including phenoxy) is 5. The van der Waals surface area contributed by atoms with Crippen molar-refractivity contribution < 1.29 is 33.3 Å². The topological polar surface area (TPSA) is 80.3 Å². The van der Waals surface area contributed by atoms with Crippen molar-refractivity contribution in [3.63, 3.8) is 0 Å². The maximum absolute atomic E-state index is 10.5. The van der Waals surface area contributed by atoms with Crippen molar-refractivity contribution in [2.75, 3.05) is 52.9 Å². The minimum atomic E-state index is -0.258. The highest BCUT2D eigenvalue weighted by Gasteiger charge is 1.96. The smallest absolute Gasteiger partial charge is 0.302 e. The van der Waals surface area contributed by atoms with Crippen molar-refractivity contribution in [2.45, 2.75) is 39.5 Å². The number of hydrogen-bond donors (Lipinski definition) is 0. The van der Waals surface area contributed by atoms with Crippen molar-refractivity contribution in [3.8, 4) is 0 Å². The summed E-state index contributed by atoms with van der Waals surface area (Å²) in [7, 11) is 0. The third-order valence-corrected chi connectivity index (χ3v) is 2.63. The van der Waals surface area contributed by atoms with Crippen LogP contribution in [0.2, 0.25) is 0 Å². The average Bonchev–Trinajstić information content (AvgIpc) is 2.49. The molecule has 0 aliphatic heterocycles. The second kappa shape index (κ2) is 17.2. The van der Waals surface area contributed by atoms with E-state index in [4.69, 9.17) is 23.7 Å². The summed E-state index contributed by atoms with van der Waals surface area (Å²) in [6.45, 7) is 7.41. The predicted molar refractivity (Wildman–Crippen MR) is 84.2 cm³/mol. The normalized spacial score (nSPS) is 10.5. The van der Waals surface area contributed by atoms with Gasteiger partial charge in [0.05, 0.1) is 13.2 Å². The molecule has 0 atom stereocenters. The molecule has 0 aliphatic carbocycles. The molecule has 0 spiro atoms. The Morgan fingerprint density at radius 2 is 0.783 bits per heavy atom. The predicted octanol–water partition coefficient (Wildman–Crippen LogP) is 1.72. The molecule has 0 heterocycles. The molecule has 0 radical (unpaired) electrons. The van der Waals surface area contributed by atoms with Crippen molar-refractivity contribution in [3.05, 3.63) is 0 Å². The molecule has 0 saturated carbocycles. The van der Waals surface area contributed by atoms with Gasteiger partial charge < -0.3 is 23.7 Å². The van der Waals surface area contributed by atoms with E-state index in [-0.39, 0.29) is 11.9 Å². The lowest BCUT2D eigenvalue weighted by molar-refractivity contribution is -0.142. The number of carbonyl (C=O) groups excluding carboxylic acids is 2. The summed E-state index contributed by atoms with van der Waals surface area (Å²) >= 11 is 0. The van der Waals surface area contributed by atoms with E-state index in [1.165, 1.54) is 13.8 Å². The Hall–Kier alpha value is -1.18. The van der Waals surface area contributed by atoms with Crippen molar-refractivity contribution >= 4 is 11.9 Å². The molecule has 0 aromatic rings. The molecule has 0 N–H and O–H groups in total. The van der Waals surface area contributed by atoms with Crippen molar-refractivity contribution in [2.24, 2.45) is 0 Å². The summed E-state index contributed by atoms with van der Waals surface area (Å²) in [4.78, 5) is 21.0. The van der Waals surface area contributed by atoms with E-state index in [1.54, 1.807) is 0 Å². The standard InChI is InChI=1S/C16H30O7/c1-15(17)22-13-5-11-20-9-3-7-19-8-4-10-21-12-6-14-23-16(2)18/h3-14H2,1-2H3. The van der Waals surface area contributed by atoms with Gasteiger partial charge in [-0.3, -0.25) is 9.59 Å². The maximum atomic E-state index is 10.5. The fourth-order valence-electron chi connectivity index (χ4n) is 1.59. The summed E-state index contributed by atoms with van der Waals surface area (Å²) in [5, 5.41) is 0. The molecule has 136 valence electrons. The number of carbonyl (C=O) groups is 2. The van der Waals surface area contributed by atoms with Crippen LogP contribution < -0.4 is 0 Å². The first-order valence-corrected chi connectivity index (χ1v) is 8.13. The summed E-state index contributed by atoms with van der Waals surface area (Å²) in [6.07, 6.45) is 3.12. The van der Waals surface area contributed by atoms with Crippen LogP contribution in [-0.4, -0.2) is 64.8 Å². The summed E-state index contributed by atoms with van der Waals surface area (Å²) in [5.74, 6) is -0.515. The Morgan fingerprint density at radius 1 is 0.522 bits per heavy atom. The Bertz CT molecular complexity index is 266. The van der Waals surface area contributed by atoms with Gasteiger partial charge in [-0.05, 0) is 12.8 Å². The van der Waals surface area contributed by atoms with Gasteiger partial charge in [0.15, 0.2) is 0 Å². The fourth-order valence-corrected chi connectivity index (χ4v) is 1.59. The highest BCUT2D eigenvalue weighted by Crippen LogP contribution is 1.92. The van der Waals surface area contributed by atoms with Gasteiger partial charge >= 0.3 is 11.9 Å². The molecule has 0 saturated heterocycles. The Labute approximate surface area is 138 Å². The van der Waals surface area contributed by atoms with Gasteiger partial charge in [0, 0.05) is 66.3 Å². The summed E-state index contributed by atoms with van der Waals surface area (Å²) in [6, 6.07) is 0. The lowest BCUT2D eigenvalue weighted by Crippen LogP contribution is -2.08. The van der Waals surface area contributed by atoms with Gasteiger partial charge in [-0.1, -0.05) is 0 Å². The zero-order chi connectivity index (χ0) is 17.2. The SMILES string of the molecule is CC(=O)OCCCOCCCOCCCOCCCOC(C)=O. The van der Waals surface area contributed by atoms with Gasteiger partial charge in [0.1, 0.15) is 0 Å². The van der Waals surface area contributed by atoms with E-state index in [0.717, 1.165) is 25.7 Å². The van der Waals surface area contributed by atoms with Crippen LogP contribution in [0.15, 0.2) is 0 Å². The van der Waals surface area contributed by atoms with Crippen LogP contribution in [0.1, 0.15) is 39.5 Å². The third-order valence-electron chi connectivity index (χ3n) is 2.63. The number of rotatable bonds is 16. The molecule has 0 unspecified atom stereocenters. The van der Waals surface area contributed by atoms with E-state index in [0.29, 0.717) is 52.9 Å². The van der Waals surface area contributed by atoms with E-state index < -0.39 is 0 Å². The molecule has 7 nitrogen and oxygen atoms in total. The molecule has 0 amide bonds. The van der Waals surface area contributed by atoms with Gasteiger partial charge in [0.2, 0.25) is 0 Å². The van der Waals surface area contributed by atoms with Crippen LogP contribution in [0.5, 0.6) is 0 Å². The quantitative estimate of drug-likeness (QED) is 0.314. The molecule has 0 aliphatic rings. The highest BCUT2D eigenvalue weighted by atomic mass is 16.5. The molecular formula is C16H30O7. The van der Waals surface area contributed by atoms with E-state index >= 15 is 0 Å². The molecule has 0 fully saturated rings. The van der Waals surface area contributed by atoms with Crippen LogP contribution in [0.25, 0.3) is 0 Å². The molecule has 23 heavy (non-hydrogen) atoms. The second-order valence-corrected chi connectivity index (χ2v) is 4.93. The number of esters is 2. The van der Waals surface area contributed by atoms with Crippen LogP contribution >= 0.6 is 0 Å². The Kier molecular flexibility index (Phi) is 16.3. The lowest BCUT2D eigenvalue weighted by atomic mass is 10.4. The molecule has 0 rings (SSSR count). The highest BCUT2D eigenvalue weighted by molar-refractivity contribution is 5.66. The maximum Gasteiger partial charge on any atom is 0.302 e. The monoisotopic (exact) mass is 334 g/mol. The molecule has 0 aromatic heterocycles. The first-order chi connectivity index (χ1) is 11.1. The minimum absolute atomic E-state index is 0.258. The number of hydrogen-bond acceptors (Lipinski definition) is 7. The van der Waals surface area contributed by atoms with Crippen LogP contribution in [0, 0.1) is 0 Å². The van der Waals surface area contributed by atoms with E-state index in [9.17, 15) is 9.59 Å². The summed E-state index contributed by atoms with van der Waals surface area (Å²) < 4.78 is 25.8. The van der Waals surface area contributed by atoms with Crippen molar-refractivity contribution in [1.29, 1.82) is 0 Å². The average molecular weight is 334 g/mol. The Balaban J connectivity index is 3.00. The molecule has 7 heteroatoms. The molecule has 0 aromatic carbocycles. The van der Waals surface area contributed by atoms with Crippen LogP contribution in [0.3, 0.4) is 0 Å².